The topological polar surface area (TPSA) is 72.2 Å². The van der Waals surface area contributed by atoms with Crippen molar-refractivity contribution in [2.45, 2.75) is 25.8 Å². The molecule has 0 atom stereocenters. The van der Waals surface area contributed by atoms with Gasteiger partial charge < -0.3 is 11.1 Å². The van der Waals surface area contributed by atoms with Gasteiger partial charge in [0, 0.05) is 16.4 Å². The molecule has 0 bridgehead atoms. The fraction of sp³-hybridized carbons (Fsp3) is 0.333. The predicted molar refractivity (Wildman–Crippen MR) is 69.5 cm³/mol. The maximum Gasteiger partial charge on any atom is 0.254 e. The van der Waals surface area contributed by atoms with Crippen LogP contribution >= 0.6 is 15.9 Å². The van der Waals surface area contributed by atoms with E-state index in [2.05, 4.69) is 21.2 Å². The van der Waals surface area contributed by atoms with Crippen molar-refractivity contribution in [1.29, 1.82) is 0 Å². The second-order valence-electron chi connectivity index (χ2n) is 4.61. The van der Waals surface area contributed by atoms with Crippen LogP contribution in [0.4, 0.5) is 4.39 Å². The average Bonchev–Trinajstić information content (AvgIpc) is 2.18. The van der Waals surface area contributed by atoms with Gasteiger partial charge in [0.1, 0.15) is 5.82 Å². The molecule has 98 valence electrons. The van der Waals surface area contributed by atoms with Gasteiger partial charge in [-0.05, 0) is 32.0 Å². The van der Waals surface area contributed by atoms with Gasteiger partial charge in [0.05, 0.1) is 5.56 Å². The van der Waals surface area contributed by atoms with E-state index in [1.807, 2.05) is 0 Å². The summed E-state index contributed by atoms with van der Waals surface area (Å²) in [4.78, 5) is 22.7. The minimum absolute atomic E-state index is 0.0195. The Labute approximate surface area is 113 Å². The van der Waals surface area contributed by atoms with Gasteiger partial charge in [-0.15, -0.1) is 0 Å². The molecule has 1 aromatic carbocycles. The summed E-state index contributed by atoms with van der Waals surface area (Å²) in [5.41, 5.74) is 4.17. The number of carbonyl (C=O) groups is 2. The minimum Gasteiger partial charge on any atom is -0.370 e. The summed E-state index contributed by atoms with van der Waals surface area (Å²) < 4.78 is 14.1. The lowest BCUT2D eigenvalue weighted by Gasteiger charge is -2.24. The Morgan fingerprint density at radius 1 is 1.44 bits per heavy atom. The van der Waals surface area contributed by atoms with Gasteiger partial charge in [-0.3, -0.25) is 9.59 Å². The smallest absolute Gasteiger partial charge is 0.254 e. The van der Waals surface area contributed by atoms with Crippen LogP contribution in [-0.2, 0) is 4.79 Å². The number of hydrogen-bond donors (Lipinski definition) is 2. The molecule has 1 aromatic rings. The van der Waals surface area contributed by atoms with E-state index in [1.54, 1.807) is 13.8 Å². The molecule has 3 N–H and O–H groups in total. The Balaban J connectivity index is 2.88. The molecule has 1 rings (SSSR count). The summed E-state index contributed by atoms with van der Waals surface area (Å²) >= 11 is 3.16. The Hall–Kier alpha value is -1.43. The van der Waals surface area contributed by atoms with Gasteiger partial charge in [-0.25, -0.2) is 4.39 Å². The number of primary amides is 1. The van der Waals surface area contributed by atoms with E-state index in [1.165, 1.54) is 18.2 Å². The van der Waals surface area contributed by atoms with Crippen molar-refractivity contribution in [2.75, 3.05) is 0 Å². The molecule has 2 amide bonds. The van der Waals surface area contributed by atoms with E-state index >= 15 is 0 Å². The molecule has 0 saturated carbocycles. The van der Waals surface area contributed by atoms with Crippen molar-refractivity contribution in [1.82, 2.24) is 5.32 Å². The zero-order valence-corrected chi connectivity index (χ0v) is 11.7. The molecule has 0 spiro atoms. The predicted octanol–water partition coefficient (Wildman–Crippen LogP) is 1.97. The number of nitrogens with one attached hydrogen (secondary N) is 1. The molecule has 0 aromatic heterocycles. The number of benzene rings is 1. The first kappa shape index (κ1) is 14.6. The lowest BCUT2D eigenvalue weighted by molar-refractivity contribution is -0.119. The van der Waals surface area contributed by atoms with E-state index < -0.39 is 23.2 Å². The number of amides is 2. The maximum absolute atomic E-state index is 13.5. The van der Waals surface area contributed by atoms with Crippen LogP contribution in [0.1, 0.15) is 30.6 Å². The molecule has 0 unspecified atom stereocenters. The maximum atomic E-state index is 13.5. The number of nitrogens with two attached hydrogens (primary N) is 1. The standard InChI is InChI=1S/C12H14BrFN2O2/c1-12(2,6-10(15)17)16-11(18)8-5-7(13)3-4-9(8)14/h3-5H,6H2,1-2H3,(H2,15,17)(H,16,18). The van der Waals surface area contributed by atoms with Crippen LogP contribution in [-0.4, -0.2) is 17.4 Å². The van der Waals surface area contributed by atoms with Crippen LogP contribution < -0.4 is 11.1 Å². The van der Waals surface area contributed by atoms with Crippen LogP contribution in [0, 0.1) is 5.82 Å². The van der Waals surface area contributed by atoms with Crippen LogP contribution in [0.25, 0.3) is 0 Å². The normalized spacial score (nSPS) is 11.1. The summed E-state index contributed by atoms with van der Waals surface area (Å²) in [6.45, 7) is 3.29. The summed E-state index contributed by atoms with van der Waals surface area (Å²) in [5, 5.41) is 2.57. The Morgan fingerprint density at radius 3 is 2.61 bits per heavy atom. The van der Waals surface area contributed by atoms with Gasteiger partial charge in [0.15, 0.2) is 0 Å². The molecular formula is C12H14BrFN2O2. The fourth-order valence-corrected chi connectivity index (χ4v) is 1.89. The van der Waals surface area contributed by atoms with Crippen LogP contribution in [0.2, 0.25) is 0 Å². The molecule has 0 aliphatic rings. The zero-order valence-electron chi connectivity index (χ0n) is 10.1. The van der Waals surface area contributed by atoms with Gasteiger partial charge in [-0.1, -0.05) is 15.9 Å². The lowest BCUT2D eigenvalue weighted by atomic mass is 9.99. The number of hydrogen-bond acceptors (Lipinski definition) is 2. The quantitative estimate of drug-likeness (QED) is 0.891. The van der Waals surface area contributed by atoms with Gasteiger partial charge >= 0.3 is 0 Å². The Kier molecular flexibility index (Phi) is 4.45. The van der Waals surface area contributed by atoms with E-state index in [4.69, 9.17) is 5.73 Å². The van der Waals surface area contributed by atoms with Crippen LogP contribution in [0.15, 0.2) is 22.7 Å². The van der Waals surface area contributed by atoms with Crippen molar-refractivity contribution in [3.63, 3.8) is 0 Å². The third kappa shape index (κ3) is 4.10. The van der Waals surface area contributed by atoms with E-state index in [9.17, 15) is 14.0 Å². The fourth-order valence-electron chi connectivity index (χ4n) is 1.53. The van der Waals surface area contributed by atoms with Gasteiger partial charge in [-0.2, -0.15) is 0 Å². The van der Waals surface area contributed by atoms with Crippen molar-refractivity contribution >= 4 is 27.7 Å². The highest BCUT2D eigenvalue weighted by atomic mass is 79.9. The van der Waals surface area contributed by atoms with Crippen molar-refractivity contribution in [3.05, 3.63) is 34.1 Å². The highest BCUT2D eigenvalue weighted by Crippen LogP contribution is 2.17. The molecule has 6 heteroatoms. The Morgan fingerprint density at radius 2 is 2.06 bits per heavy atom. The number of carbonyl (C=O) groups excluding carboxylic acids is 2. The van der Waals surface area contributed by atoms with Gasteiger partial charge in [0.25, 0.3) is 5.91 Å². The molecule has 18 heavy (non-hydrogen) atoms. The summed E-state index contributed by atoms with van der Waals surface area (Å²) in [5.74, 6) is -1.74. The Bertz CT molecular complexity index is 489. The first-order valence-electron chi connectivity index (χ1n) is 5.27. The van der Waals surface area contributed by atoms with Gasteiger partial charge in [0.2, 0.25) is 5.91 Å². The van der Waals surface area contributed by atoms with E-state index in [0.717, 1.165) is 0 Å². The molecule has 4 nitrogen and oxygen atoms in total. The highest BCUT2D eigenvalue weighted by Gasteiger charge is 2.24. The van der Waals surface area contributed by atoms with Crippen molar-refractivity contribution in [2.24, 2.45) is 5.73 Å². The molecule has 0 aliphatic carbocycles. The largest absolute Gasteiger partial charge is 0.370 e. The lowest BCUT2D eigenvalue weighted by Crippen LogP contribution is -2.46. The first-order chi connectivity index (χ1) is 8.21. The zero-order chi connectivity index (χ0) is 13.9. The van der Waals surface area contributed by atoms with E-state index in [-0.39, 0.29) is 12.0 Å². The highest BCUT2D eigenvalue weighted by molar-refractivity contribution is 9.10. The van der Waals surface area contributed by atoms with E-state index in [0.29, 0.717) is 4.47 Å². The third-order valence-corrected chi connectivity index (χ3v) is 2.73. The summed E-state index contributed by atoms with van der Waals surface area (Å²) in [6.07, 6.45) is -0.0195. The first-order valence-corrected chi connectivity index (χ1v) is 6.06. The number of rotatable bonds is 4. The summed E-state index contributed by atoms with van der Waals surface area (Å²) in [7, 11) is 0. The molecule has 0 fully saturated rings. The minimum atomic E-state index is -0.822. The molecule has 0 aliphatic heterocycles. The van der Waals surface area contributed by atoms with Crippen molar-refractivity contribution in [3.8, 4) is 0 Å². The second kappa shape index (κ2) is 5.48. The molecule has 0 saturated heterocycles. The molecular weight excluding hydrogens is 303 g/mol. The second-order valence-corrected chi connectivity index (χ2v) is 5.52. The molecule has 0 radical (unpaired) electrons. The van der Waals surface area contributed by atoms with Crippen LogP contribution in [0.5, 0.6) is 0 Å². The average molecular weight is 317 g/mol. The monoisotopic (exact) mass is 316 g/mol. The summed E-state index contributed by atoms with van der Waals surface area (Å²) in [6, 6.07) is 4.08. The SMILES string of the molecule is CC(C)(CC(N)=O)NC(=O)c1cc(Br)ccc1F. The third-order valence-electron chi connectivity index (χ3n) is 2.24. The molecule has 0 heterocycles. The van der Waals surface area contributed by atoms with Crippen molar-refractivity contribution < 1.29 is 14.0 Å². The van der Waals surface area contributed by atoms with Crippen LogP contribution in [0.3, 0.4) is 0 Å². The number of halogens is 2.